The van der Waals surface area contributed by atoms with Gasteiger partial charge in [-0.3, -0.25) is 0 Å². The Morgan fingerprint density at radius 1 is 1.32 bits per heavy atom. The van der Waals surface area contributed by atoms with Gasteiger partial charge in [-0.25, -0.2) is 0 Å². The van der Waals surface area contributed by atoms with Gasteiger partial charge >= 0.3 is 0 Å². The molecule has 106 valence electrons. The lowest BCUT2D eigenvalue weighted by Gasteiger charge is -2.27. The summed E-state index contributed by atoms with van der Waals surface area (Å²) in [5.74, 6) is 0. The van der Waals surface area contributed by atoms with Crippen LogP contribution in [0.4, 0.5) is 5.69 Å². The van der Waals surface area contributed by atoms with Crippen LogP contribution >= 0.6 is 11.6 Å². The van der Waals surface area contributed by atoms with E-state index in [1.807, 2.05) is 0 Å². The second-order valence-corrected chi connectivity index (χ2v) is 6.11. The minimum Gasteiger partial charge on any atom is -0.370 e. The Labute approximate surface area is 121 Å². The molecule has 0 aliphatic carbocycles. The van der Waals surface area contributed by atoms with Gasteiger partial charge in [0.1, 0.15) is 0 Å². The quantitative estimate of drug-likeness (QED) is 0.887. The molecule has 0 atom stereocenters. The van der Waals surface area contributed by atoms with Crippen LogP contribution in [0.5, 0.6) is 0 Å². The molecule has 1 aliphatic heterocycles. The van der Waals surface area contributed by atoms with E-state index in [1.165, 1.54) is 30.5 Å². The zero-order chi connectivity index (χ0) is 13.9. The summed E-state index contributed by atoms with van der Waals surface area (Å²) in [5.41, 5.74) is 8.49. The summed E-state index contributed by atoms with van der Waals surface area (Å²) in [7, 11) is 0. The zero-order valence-corrected chi connectivity index (χ0v) is 12.8. The molecule has 0 saturated carbocycles. The van der Waals surface area contributed by atoms with Crippen LogP contribution in [0.1, 0.15) is 38.7 Å². The summed E-state index contributed by atoms with van der Waals surface area (Å²) in [6.07, 6.45) is 4.68. The largest absolute Gasteiger partial charge is 0.370 e. The first-order chi connectivity index (χ1) is 9.14. The van der Waals surface area contributed by atoms with Crippen molar-refractivity contribution in [3.63, 3.8) is 0 Å². The van der Waals surface area contributed by atoms with Crippen molar-refractivity contribution in [3.8, 4) is 0 Å². The van der Waals surface area contributed by atoms with Gasteiger partial charge in [-0.05, 0) is 55.3 Å². The highest BCUT2D eigenvalue weighted by molar-refractivity contribution is 6.33. The Bertz CT molecular complexity index is 427. The minimum atomic E-state index is 0.485. The van der Waals surface area contributed by atoms with Crippen LogP contribution in [0.15, 0.2) is 18.2 Å². The van der Waals surface area contributed by atoms with Crippen LogP contribution in [-0.4, -0.2) is 19.6 Å². The third-order valence-corrected chi connectivity index (χ3v) is 5.03. The second kappa shape index (κ2) is 6.15. The summed E-state index contributed by atoms with van der Waals surface area (Å²) >= 11 is 6.44. The summed E-state index contributed by atoms with van der Waals surface area (Å²) in [6, 6.07) is 6.39. The van der Waals surface area contributed by atoms with E-state index in [-0.39, 0.29) is 0 Å². The Morgan fingerprint density at radius 3 is 2.58 bits per heavy atom. The first-order valence-corrected chi connectivity index (χ1v) is 7.75. The molecule has 0 aromatic heterocycles. The highest BCUT2D eigenvalue weighted by Crippen LogP contribution is 2.40. The van der Waals surface area contributed by atoms with Crippen molar-refractivity contribution in [2.24, 2.45) is 11.1 Å². The van der Waals surface area contributed by atoms with Gasteiger partial charge in [0.2, 0.25) is 0 Å². The van der Waals surface area contributed by atoms with Crippen molar-refractivity contribution >= 4 is 17.3 Å². The summed E-state index contributed by atoms with van der Waals surface area (Å²) < 4.78 is 0. The van der Waals surface area contributed by atoms with Crippen molar-refractivity contribution in [1.29, 1.82) is 0 Å². The van der Waals surface area contributed by atoms with Crippen LogP contribution in [0.25, 0.3) is 0 Å². The van der Waals surface area contributed by atoms with E-state index < -0.39 is 0 Å². The van der Waals surface area contributed by atoms with E-state index in [1.54, 1.807) is 0 Å². The van der Waals surface area contributed by atoms with Crippen molar-refractivity contribution in [2.75, 3.05) is 24.5 Å². The van der Waals surface area contributed by atoms with Crippen LogP contribution in [0.3, 0.4) is 0 Å². The summed E-state index contributed by atoms with van der Waals surface area (Å²) in [6.45, 7) is 7.54. The van der Waals surface area contributed by atoms with Gasteiger partial charge in [-0.2, -0.15) is 0 Å². The molecule has 1 fully saturated rings. The van der Waals surface area contributed by atoms with Crippen LogP contribution in [0, 0.1) is 5.41 Å². The normalized spacial score (nSPS) is 18.0. The molecule has 0 bridgehead atoms. The first kappa shape index (κ1) is 14.7. The van der Waals surface area contributed by atoms with Crippen molar-refractivity contribution in [3.05, 3.63) is 28.8 Å². The van der Waals surface area contributed by atoms with E-state index in [4.69, 9.17) is 17.3 Å². The average Bonchev–Trinajstić information content (AvgIpc) is 2.84. The molecule has 0 radical (unpaired) electrons. The van der Waals surface area contributed by atoms with Crippen LogP contribution < -0.4 is 10.6 Å². The molecule has 0 spiro atoms. The first-order valence-electron chi connectivity index (χ1n) is 7.37. The molecule has 1 heterocycles. The molecular formula is C16H25ClN2. The molecule has 1 aromatic rings. The maximum absolute atomic E-state index is 6.44. The fourth-order valence-electron chi connectivity index (χ4n) is 3.10. The lowest BCUT2D eigenvalue weighted by atomic mass is 9.82. The Kier molecular flexibility index (Phi) is 4.75. The van der Waals surface area contributed by atoms with Gasteiger partial charge in [-0.15, -0.1) is 0 Å². The molecule has 2 rings (SSSR count). The number of nitrogens with two attached hydrogens (primary N) is 1. The Hall–Kier alpha value is -0.730. The number of rotatable bonds is 5. The van der Waals surface area contributed by atoms with Crippen LogP contribution in [-0.2, 0) is 6.42 Å². The molecular weight excluding hydrogens is 256 g/mol. The highest BCUT2D eigenvalue weighted by Gasteiger charge is 2.35. The minimum absolute atomic E-state index is 0.485. The standard InChI is InChI=1S/C16H25ClN2/c1-3-16(4-2)8-10-19(12-16)15-6-5-13(7-9-18)11-14(15)17/h5-6,11H,3-4,7-10,12,18H2,1-2H3. The van der Waals surface area contributed by atoms with Crippen LogP contribution in [0.2, 0.25) is 5.02 Å². The van der Waals surface area contributed by atoms with E-state index in [9.17, 15) is 0 Å². The number of benzene rings is 1. The second-order valence-electron chi connectivity index (χ2n) is 5.70. The predicted octanol–water partition coefficient (Wildman–Crippen LogP) is 3.86. The number of halogens is 1. The van der Waals surface area contributed by atoms with Crippen molar-refractivity contribution < 1.29 is 0 Å². The van der Waals surface area contributed by atoms with Crippen molar-refractivity contribution in [1.82, 2.24) is 0 Å². The van der Waals surface area contributed by atoms with Gasteiger partial charge in [0.15, 0.2) is 0 Å². The molecule has 3 heteroatoms. The maximum Gasteiger partial charge on any atom is 0.0642 e. The number of anilines is 1. The van der Waals surface area contributed by atoms with E-state index in [0.717, 1.165) is 24.5 Å². The lowest BCUT2D eigenvalue weighted by molar-refractivity contribution is 0.301. The Morgan fingerprint density at radius 2 is 2.05 bits per heavy atom. The van der Waals surface area contributed by atoms with Gasteiger partial charge < -0.3 is 10.6 Å². The van der Waals surface area contributed by atoms with E-state index in [2.05, 4.69) is 36.9 Å². The Balaban J connectivity index is 2.15. The number of hydrogen-bond acceptors (Lipinski definition) is 2. The molecule has 0 amide bonds. The van der Waals surface area contributed by atoms with E-state index in [0.29, 0.717) is 12.0 Å². The molecule has 1 aromatic carbocycles. The van der Waals surface area contributed by atoms with Gasteiger partial charge in [0.05, 0.1) is 10.7 Å². The van der Waals surface area contributed by atoms with E-state index >= 15 is 0 Å². The maximum atomic E-state index is 6.44. The smallest absolute Gasteiger partial charge is 0.0642 e. The van der Waals surface area contributed by atoms with Gasteiger partial charge in [0.25, 0.3) is 0 Å². The molecule has 0 unspecified atom stereocenters. The molecule has 2 nitrogen and oxygen atoms in total. The average molecular weight is 281 g/mol. The molecule has 1 saturated heterocycles. The molecule has 19 heavy (non-hydrogen) atoms. The lowest BCUT2D eigenvalue weighted by Crippen LogP contribution is -2.26. The number of nitrogens with zero attached hydrogens (tertiary/aromatic N) is 1. The molecule has 1 aliphatic rings. The zero-order valence-electron chi connectivity index (χ0n) is 12.1. The predicted molar refractivity (Wildman–Crippen MR) is 84.1 cm³/mol. The van der Waals surface area contributed by atoms with Crippen molar-refractivity contribution in [2.45, 2.75) is 39.5 Å². The molecule has 2 N–H and O–H groups in total. The van der Waals surface area contributed by atoms with Gasteiger partial charge in [-0.1, -0.05) is 31.5 Å². The third-order valence-electron chi connectivity index (χ3n) is 4.72. The fourth-order valence-corrected chi connectivity index (χ4v) is 3.42. The SMILES string of the molecule is CCC1(CC)CCN(c2ccc(CCN)cc2Cl)C1. The monoisotopic (exact) mass is 280 g/mol. The summed E-state index contributed by atoms with van der Waals surface area (Å²) in [5, 5.41) is 0.869. The highest BCUT2D eigenvalue weighted by atomic mass is 35.5. The third kappa shape index (κ3) is 3.06. The van der Waals surface area contributed by atoms with Gasteiger partial charge in [0, 0.05) is 13.1 Å². The topological polar surface area (TPSA) is 29.3 Å². The number of hydrogen-bond donors (Lipinski definition) is 1. The fraction of sp³-hybridized carbons (Fsp3) is 0.625. The summed E-state index contributed by atoms with van der Waals surface area (Å²) in [4.78, 5) is 2.45.